The largest absolute Gasteiger partial charge is 0.416 e. The highest BCUT2D eigenvalue weighted by Crippen LogP contribution is 2.32. The maximum absolute atomic E-state index is 12.9. The average molecular weight is 406 g/mol. The normalized spacial score (nSPS) is 12.3. The fraction of sp³-hybridized carbons (Fsp3) is 0.333. The summed E-state index contributed by atoms with van der Waals surface area (Å²) in [6, 6.07) is 13.1. The maximum atomic E-state index is 12.9. The van der Waals surface area contributed by atoms with Crippen molar-refractivity contribution >= 4 is 27.5 Å². The summed E-state index contributed by atoms with van der Waals surface area (Å²) in [6.07, 6.45) is -3.56. The van der Waals surface area contributed by atoms with Gasteiger partial charge in [-0.25, -0.2) is 4.98 Å². The third-order valence-corrected chi connectivity index (χ3v) is 5.70. The zero-order valence-electron chi connectivity index (χ0n) is 15.6. The molecule has 3 aromatic rings. The van der Waals surface area contributed by atoms with E-state index in [4.69, 9.17) is 0 Å². The Hall–Kier alpha value is -2.41. The van der Waals surface area contributed by atoms with Gasteiger partial charge in [0.2, 0.25) is 5.91 Å². The molecule has 0 saturated heterocycles. The lowest BCUT2D eigenvalue weighted by molar-refractivity contribution is -0.137. The van der Waals surface area contributed by atoms with Crippen LogP contribution in [-0.4, -0.2) is 17.4 Å². The first-order valence-corrected chi connectivity index (χ1v) is 9.76. The molecular formula is C21H21F3N2OS. The van der Waals surface area contributed by atoms with Gasteiger partial charge in [-0.2, -0.15) is 13.2 Å². The molecule has 0 fully saturated rings. The topological polar surface area (TPSA) is 42.0 Å². The van der Waals surface area contributed by atoms with Crippen LogP contribution in [0.15, 0.2) is 48.5 Å². The van der Waals surface area contributed by atoms with Crippen molar-refractivity contribution in [2.24, 2.45) is 0 Å². The number of aromatic nitrogens is 1. The number of fused-ring (bicyclic) bond motifs is 1. The van der Waals surface area contributed by atoms with Gasteiger partial charge in [-0.1, -0.05) is 44.2 Å². The number of amides is 1. The van der Waals surface area contributed by atoms with Gasteiger partial charge in [0.25, 0.3) is 0 Å². The molecule has 3 rings (SSSR count). The van der Waals surface area contributed by atoms with Crippen LogP contribution in [0.5, 0.6) is 0 Å². The zero-order valence-corrected chi connectivity index (χ0v) is 16.5. The van der Waals surface area contributed by atoms with E-state index in [0.717, 1.165) is 27.4 Å². The maximum Gasteiger partial charge on any atom is 0.416 e. The summed E-state index contributed by atoms with van der Waals surface area (Å²) in [5.41, 5.74) is 0.162. The number of carbonyl (C=O) groups is 1. The van der Waals surface area contributed by atoms with Crippen molar-refractivity contribution in [3.05, 3.63) is 64.7 Å². The third kappa shape index (κ3) is 4.90. The Labute approximate surface area is 165 Å². The van der Waals surface area contributed by atoms with E-state index in [1.807, 2.05) is 38.1 Å². The molecule has 7 heteroatoms. The standard InChI is InChI=1S/C21H21F3N2OS/c1-20(2,14-6-5-7-15(12-14)21(22,23)24)13-25-18(27)10-11-19-26-16-8-3-4-9-17(16)28-19/h3-9,12H,10-11,13H2,1-2H3,(H,25,27). The number of hydrogen-bond donors (Lipinski definition) is 1. The molecule has 0 saturated carbocycles. The van der Waals surface area contributed by atoms with Gasteiger partial charge >= 0.3 is 6.18 Å². The molecule has 0 spiro atoms. The average Bonchev–Trinajstić information content (AvgIpc) is 3.07. The molecule has 0 radical (unpaired) electrons. The van der Waals surface area contributed by atoms with Crippen LogP contribution in [0.2, 0.25) is 0 Å². The molecule has 0 atom stereocenters. The summed E-state index contributed by atoms with van der Waals surface area (Å²) in [5.74, 6) is -0.140. The number of halogens is 3. The fourth-order valence-corrected chi connectivity index (χ4v) is 3.84. The molecule has 148 valence electrons. The van der Waals surface area contributed by atoms with Gasteiger partial charge in [-0.15, -0.1) is 11.3 Å². The first kappa shape index (κ1) is 20.3. The van der Waals surface area contributed by atoms with Crippen molar-refractivity contribution < 1.29 is 18.0 Å². The van der Waals surface area contributed by atoms with Crippen molar-refractivity contribution in [2.75, 3.05) is 6.54 Å². The second-order valence-corrected chi connectivity index (χ2v) is 8.43. The fourth-order valence-electron chi connectivity index (χ4n) is 2.87. The summed E-state index contributed by atoms with van der Waals surface area (Å²) in [7, 11) is 0. The lowest BCUT2D eigenvalue weighted by Crippen LogP contribution is -2.36. The highest BCUT2D eigenvalue weighted by molar-refractivity contribution is 7.18. The summed E-state index contributed by atoms with van der Waals surface area (Å²) in [5, 5.41) is 3.74. The first-order valence-electron chi connectivity index (χ1n) is 8.94. The Morgan fingerprint density at radius 3 is 2.50 bits per heavy atom. The van der Waals surface area contributed by atoms with Crippen LogP contribution in [0, 0.1) is 0 Å². The Balaban J connectivity index is 1.57. The highest BCUT2D eigenvalue weighted by Gasteiger charge is 2.32. The predicted molar refractivity (Wildman–Crippen MR) is 105 cm³/mol. The molecule has 1 amide bonds. The van der Waals surface area contributed by atoms with Gasteiger partial charge in [-0.05, 0) is 23.8 Å². The summed E-state index contributed by atoms with van der Waals surface area (Å²) in [4.78, 5) is 16.7. The Morgan fingerprint density at radius 2 is 1.79 bits per heavy atom. The number of aryl methyl sites for hydroxylation is 1. The van der Waals surface area contributed by atoms with Crippen LogP contribution in [0.3, 0.4) is 0 Å². The van der Waals surface area contributed by atoms with E-state index in [9.17, 15) is 18.0 Å². The minimum Gasteiger partial charge on any atom is -0.355 e. The number of para-hydroxylation sites is 1. The number of carbonyl (C=O) groups excluding carboxylic acids is 1. The molecule has 0 aliphatic carbocycles. The number of alkyl halides is 3. The van der Waals surface area contributed by atoms with E-state index >= 15 is 0 Å². The van der Waals surface area contributed by atoms with E-state index in [1.54, 1.807) is 17.4 Å². The van der Waals surface area contributed by atoms with Crippen molar-refractivity contribution in [2.45, 2.75) is 38.3 Å². The minimum atomic E-state index is -4.38. The number of thiazole rings is 1. The van der Waals surface area contributed by atoms with Crippen molar-refractivity contribution in [3.8, 4) is 0 Å². The number of hydrogen-bond acceptors (Lipinski definition) is 3. The van der Waals surface area contributed by atoms with E-state index < -0.39 is 17.2 Å². The number of benzene rings is 2. The van der Waals surface area contributed by atoms with E-state index in [-0.39, 0.29) is 12.5 Å². The van der Waals surface area contributed by atoms with Gasteiger partial charge in [0.15, 0.2) is 0 Å². The van der Waals surface area contributed by atoms with Gasteiger partial charge < -0.3 is 5.32 Å². The number of rotatable bonds is 6. The SMILES string of the molecule is CC(C)(CNC(=O)CCc1nc2ccccc2s1)c1cccc(C(F)(F)F)c1. The lowest BCUT2D eigenvalue weighted by Gasteiger charge is -2.26. The van der Waals surface area contributed by atoms with Crippen molar-refractivity contribution in [1.82, 2.24) is 10.3 Å². The first-order chi connectivity index (χ1) is 13.1. The van der Waals surface area contributed by atoms with Gasteiger partial charge in [0.1, 0.15) is 0 Å². The molecule has 1 heterocycles. The molecule has 0 unspecified atom stereocenters. The third-order valence-electron chi connectivity index (χ3n) is 4.60. The molecular weight excluding hydrogens is 385 g/mol. The van der Waals surface area contributed by atoms with Gasteiger partial charge in [0.05, 0.1) is 20.8 Å². The van der Waals surface area contributed by atoms with Crippen LogP contribution < -0.4 is 5.32 Å². The van der Waals surface area contributed by atoms with E-state index in [2.05, 4.69) is 10.3 Å². The summed E-state index contributed by atoms with van der Waals surface area (Å²) in [6.45, 7) is 3.89. The van der Waals surface area contributed by atoms with Crippen LogP contribution in [0.4, 0.5) is 13.2 Å². The number of nitrogens with zero attached hydrogens (tertiary/aromatic N) is 1. The second-order valence-electron chi connectivity index (χ2n) is 7.31. The molecule has 2 aromatic carbocycles. The van der Waals surface area contributed by atoms with Gasteiger partial charge in [-0.3, -0.25) is 4.79 Å². The van der Waals surface area contributed by atoms with E-state index in [1.165, 1.54) is 6.07 Å². The zero-order chi connectivity index (χ0) is 20.4. The van der Waals surface area contributed by atoms with Gasteiger partial charge in [0, 0.05) is 24.8 Å². The summed E-state index contributed by atoms with van der Waals surface area (Å²) < 4.78 is 39.9. The van der Waals surface area contributed by atoms with Crippen LogP contribution in [-0.2, 0) is 22.8 Å². The van der Waals surface area contributed by atoms with Crippen molar-refractivity contribution in [3.63, 3.8) is 0 Å². The molecule has 1 N–H and O–H groups in total. The van der Waals surface area contributed by atoms with Crippen LogP contribution >= 0.6 is 11.3 Å². The molecule has 28 heavy (non-hydrogen) atoms. The lowest BCUT2D eigenvalue weighted by atomic mass is 9.83. The quantitative estimate of drug-likeness (QED) is 0.600. The summed E-state index contributed by atoms with van der Waals surface area (Å²) >= 11 is 1.57. The predicted octanol–water partition coefficient (Wildman–Crippen LogP) is 5.34. The second kappa shape index (κ2) is 7.91. The monoisotopic (exact) mass is 406 g/mol. The van der Waals surface area contributed by atoms with E-state index in [0.29, 0.717) is 18.4 Å². The molecule has 1 aromatic heterocycles. The van der Waals surface area contributed by atoms with Crippen LogP contribution in [0.25, 0.3) is 10.2 Å². The Bertz CT molecular complexity index is 946. The highest BCUT2D eigenvalue weighted by atomic mass is 32.1. The molecule has 0 bridgehead atoms. The molecule has 0 aliphatic rings. The Kier molecular flexibility index (Phi) is 5.74. The minimum absolute atomic E-state index is 0.140. The van der Waals surface area contributed by atoms with Crippen molar-refractivity contribution in [1.29, 1.82) is 0 Å². The Morgan fingerprint density at radius 1 is 1.07 bits per heavy atom. The number of nitrogens with one attached hydrogen (secondary N) is 1. The smallest absolute Gasteiger partial charge is 0.355 e. The molecule has 0 aliphatic heterocycles. The van der Waals surface area contributed by atoms with Crippen LogP contribution in [0.1, 0.15) is 36.4 Å². The molecule has 3 nitrogen and oxygen atoms in total.